The quantitative estimate of drug-likeness (QED) is 0.867. The lowest BCUT2D eigenvalue weighted by Crippen LogP contribution is -2.12. The van der Waals surface area contributed by atoms with Crippen molar-refractivity contribution in [3.05, 3.63) is 34.7 Å². The molecule has 5 heteroatoms. The average molecular weight is 223 g/mol. The summed E-state index contributed by atoms with van der Waals surface area (Å²) >= 11 is 1.36. The van der Waals surface area contributed by atoms with Gasteiger partial charge in [-0.15, -0.1) is 5.10 Å². The summed E-state index contributed by atoms with van der Waals surface area (Å²) in [5.41, 5.74) is 8.06. The number of rotatable bonds is 3. The first-order valence-corrected chi connectivity index (χ1v) is 5.57. The van der Waals surface area contributed by atoms with Crippen LogP contribution >= 0.6 is 11.5 Å². The van der Waals surface area contributed by atoms with Crippen LogP contribution in [0.3, 0.4) is 0 Å². The Bertz CT molecular complexity index is 422. The summed E-state index contributed by atoms with van der Waals surface area (Å²) in [6.45, 7) is 4.17. The van der Waals surface area contributed by atoms with Crippen LogP contribution in [0.5, 0.6) is 0 Å². The van der Waals surface area contributed by atoms with Crippen molar-refractivity contribution < 1.29 is 4.42 Å². The molecule has 0 bridgehead atoms. The second kappa shape index (κ2) is 4.12. The summed E-state index contributed by atoms with van der Waals surface area (Å²) < 4.78 is 8.97. The molecular weight excluding hydrogens is 210 g/mol. The van der Waals surface area contributed by atoms with Gasteiger partial charge in [0.15, 0.2) is 0 Å². The minimum absolute atomic E-state index is 0.179. The van der Waals surface area contributed by atoms with E-state index in [1.165, 1.54) is 11.5 Å². The molecule has 80 valence electrons. The number of nitrogens with two attached hydrogens (primary N) is 1. The van der Waals surface area contributed by atoms with E-state index in [1.807, 2.05) is 6.07 Å². The van der Waals surface area contributed by atoms with Crippen LogP contribution < -0.4 is 5.73 Å². The number of hydrogen-bond acceptors (Lipinski definition) is 5. The fourth-order valence-electron chi connectivity index (χ4n) is 1.42. The first-order chi connectivity index (χ1) is 7.20. The maximum atomic E-state index is 6.11. The molecule has 0 fully saturated rings. The summed E-state index contributed by atoms with van der Waals surface area (Å²) in [5.74, 6) is 0.344. The van der Waals surface area contributed by atoms with E-state index >= 15 is 0 Å². The minimum atomic E-state index is -0.179. The van der Waals surface area contributed by atoms with Gasteiger partial charge in [-0.2, -0.15) is 0 Å². The van der Waals surface area contributed by atoms with E-state index in [9.17, 15) is 0 Å². The van der Waals surface area contributed by atoms with Crippen molar-refractivity contribution in [2.45, 2.75) is 25.8 Å². The normalized spacial score (nSPS) is 13.3. The van der Waals surface area contributed by atoms with Crippen molar-refractivity contribution >= 4 is 11.5 Å². The first kappa shape index (κ1) is 10.3. The van der Waals surface area contributed by atoms with Crippen molar-refractivity contribution in [3.63, 3.8) is 0 Å². The second-order valence-corrected chi connectivity index (χ2v) is 4.50. The lowest BCUT2D eigenvalue weighted by atomic mass is 10.0. The summed E-state index contributed by atoms with van der Waals surface area (Å²) in [4.78, 5) is 1.02. The molecule has 2 rings (SSSR count). The Hall–Kier alpha value is -1.20. The van der Waals surface area contributed by atoms with E-state index < -0.39 is 0 Å². The highest BCUT2D eigenvalue weighted by Crippen LogP contribution is 2.28. The lowest BCUT2D eigenvalue weighted by Gasteiger charge is -2.09. The third-order valence-electron chi connectivity index (χ3n) is 2.27. The van der Waals surface area contributed by atoms with Crippen LogP contribution in [0.1, 0.15) is 41.9 Å². The van der Waals surface area contributed by atoms with Gasteiger partial charge in [0.2, 0.25) is 0 Å². The zero-order valence-corrected chi connectivity index (χ0v) is 9.49. The van der Waals surface area contributed by atoms with E-state index in [2.05, 4.69) is 23.4 Å². The number of aromatic nitrogens is 2. The van der Waals surface area contributed by atoms with Gasteiger partial charge in [-0.05, 0) is 23.5 Å². The van der Waals surface area contributed by atoms with Crippen LogP contribution in [0.15, 0.2) is 23.0 Å². The van der Waals surface area contributed by atoms with Crippen molar-refractivity contribution in [1.29, 1.82) is 0 Å². The summed E-state index contributed by atoms with van der Waals surface area (Å²) in [6, 6.07) is 1.69. The van der Waals surface area contributed by atoms with Crippen LogP contribution in [-0.4, -0.2) is 9.59 Å². The Morgan fingerprint density at radius 1 is 1.47 bits per heavy atom. The molecule has 0 aliphatic rings. The van der Waals surface area contributed by atoms with Crippen molar-refractivity contribution in [1.82, 2.24) is 9.59 Å². The standard InChI is InChI=1S/C10H13N3OS/c1-6(2)9-10(15-13-12-9)8(11)7-3-4-14-5-7/h3-6,8H,11H2,1-2H3. The van der Waals surface area contributed by atoms with Gasteiger partial charge in [0.1, 0.15) is 0 Å². The summed E-state index contributed by atoms with van der Waals surface area (Å²) in [6.07, 6.45) is 3.28. The summed E-state index contributed by atoms with van der Waals surface area (Å²) in [7, 11) is 0. The van der Waals surface area contributed by atoms with Crippen LogP contribution in [0, 0.1) is 0 Å². The second-order valence-electron chi connectivity index (χ2n) is 3.71. The van der Waals surface area contributed by atoms with E-state index in [4.69, 9.17) is 10.2 Å². The Morgan fingerprint density at radius 2 is 2.27 bits per heavy atom. The van der Waals surface area contributed by atoms with E-state index in [0.717, 1.165) is 16.1 Å². The zero-order valence-electron chi connectivity index (χ0n) is 8.68. The molecule has 2 N–H and O–H groups in total. The molecule has 15 heavy (non-hydrogen) atoms. The Balaban J connectivity index is 2.33. The molecule has 0 aromatic carbocycles. The SMILES string of the molecule is CC(C)c1nnsc1C(N)c1ccoc1. The van der Waals surface area contributed by atoms with E-state index in [0.29, 0.717) is 5.92 Å². The Kier molecular flexibility index (Phi) is 2.83. The van der Waals surface area contributed by atoms with Gasteiger partial charge >= 0.3 is 0 Å². The number of nitrogens with zero attached hydrogens (tertiary/aromatic N) is 2. The maximum Gasteiger partial charge on any atom is 0.0954 e. The molecule has 2 aromatic rings. The van der Waals surface area contributed by atoms with Gasteiger partial charge in [0, 0.05) is 5.56 Å². The van der Waals surface area contributed by atoms with Crippen molar-refractivity contribution in [2.75, 3.05) is 0 Å². The van der Waals surface area contributed by atoms with Gasteiger partial charge in [-0.25, -0.2) is 0 Å². The highest BCUT2D eigenvalue weighted by atomic mass is 32.1. The molecule has 0 amide bonds. The third-order valence-corrected chi connectivity index (χ3v) is 3.09. The van der Waals surface area contributed by atoms with Crippen LogP contribution in [0.2, 0.25) is 0 Å². The highest BCUT2D eigenvalue weighted by molar-refractivity contribution is 7.05. The predicted molar refractivity (Wildman–Crippen MR) is 58.7 cm³/mol. The van der Waals surface area contributed by atoms with Gasteiger partial charge in [0.25, 0.3) is 0 Å². The fraction of sp³-hybridized carbons (Fsp3) is 0.400. The molecule has 0 saturated heterocycles. The monoisotopic (exact) mass is 223 g/mol. The first-order valence-electron chi connectivity index (χ1n) is 4.80. The van der Waals surface area contributed by atoms with Crippen molar-refractivity contribution in [2.24, 2.45) is 5.73 Å². The van der Waals surface area contributed by atoms with Gasteiger partial charge in [0.05, 0.1) is 29.1 Å². The molecule has 1 unspecified atom stereocenters. The fourth-order valence-corrected chi connectivity index (χ4v) is 2.26. The smallest absolute Gasteiger partial charge is 0.0954 e. The molecule has 0 aliphatic carbocycles. The van der Waals surface area contributed by atoms with E-state index in [1.54, 1.807) is 12.5 Å². The molecule has 2 aromatic heterocycles. The van der Waals surface area contributed by atoms with Gasteiger partial charge in [-0.3, -0.25) is 0 Å². The average Bonchev–Trinajstić information content (AvgIpc) is 2.88. The molecular formula is C10H13N3OS. The molecule has 0 spiro atoms. The topological polar surface area (TPSA) is 64.9 Å². The predicted octanol–water partition coefficient (Wildman–Crippen LogP) is 2.30. The Labute approximate surface area is 92.3 Å². The van der Waals surface area contributed by atoms with Crippen molar-refractivity contribution in [3.8, 4) is 0 Å². The lowest BCUT2D eigenvalue weighted by molar-refractivity contribution is 0.562. The molecule has 4 nitrogen and oxygen atoms in total. The number of hydrogen-bond donors (Lipinski definition) is 1. The zero-order chi connectivity index (χ0) is 10.8. The largest absolute Gasteiger partial charge is 0.472 e. The molecule has 2 heterocycles. The van der Waals surface area contributed by atoms with Crippen LogP contribution in [0.25, 0.3) is 0 Å². The van der Waals surface area contributed by atoms with Gasteiger partial charge < -0.3 is 10.2 Å². The molecule has 0 aliphatic heterocycles. The molecule has 0 saturated carbocycles. The molecule has 0 radical (unpaired) electrons. The minimum Gasteiger partial charge on any atom is -0.472 e. The molecule has 1 atom stereocenters. The summed E-state index contributed by atoms with van der Waals surface area (Å²) in [5, 5.41) is 4.10. The van der Waals surface area contributed by atoms with E-state index in [-0.39, 0.29) is 6.04 Å². The van der Waals surface area contributed by atoms with Crippen LogP contribution in [0.4, 0.5) is 0 Å². The number of furan rings is 1. The third kappa shape index (κ3) is 1.93. The van der Waals surface area contributed by atoms with Crippen LogP contribution in [-0.2, 0) is 0 Å². The Morgan fingerprint density at radius 3 is 2.87 bits per heavy atom. The highest BCUT2D eigenvalue weighted by Gasteiger charge is 2.19. The maximum absolute atomic E-state index is 6.11. The van der Waals surface area contributed by atoms with Gasteiger partial charge in [-0.1, -0.05) is 18.3 Å².